The number of hydrogen-bond acceptors (Lipinski definition) is 6. The topological polar surface area (TPSA) is 78.3 Å². The van der Waals surface area contributed by atoms with Gasteiger partial charge in [0.1, 0.15) is 11.5 Å². The van der Waals surface area contributed by atoms with Gasteiger partial charge in [0.05, 0.1) is 12.4 Å². The molecule has 8 heteroatoms. The van der Waals surface area contributed by atoms with Gasteiger partial charge in [0.2, 0.25) is 5.91 Å². The summed E-state index contributed by atoms with van der Waals surface area (Å²) >= 11 is 1.34. The van der Waals surface area contributed by atoms with Gasteiger partial charge in [0.25, 0.3) is 0 Å². The molecule has 3 rings (SSSR count). The van der Waals surface area contributed by atoms with Crippen LogP contribution in [0.4, 0.5) is 5.69 Å². The maximum atomic E-state index is 12.6. The number of anilines is 1. The summed E-state index contributed by atoms with van der Waals surface area (Å²) in [7, 11) is 1.62. The molecule has 0 aliphatic carbocycles. The fraction of sp³-hybridized carbons (Fsp3) is 0.261. The molecule has 0 bridgehead atoms. The first-order valence-corrected chi connectivity index (χ1v) is 10.8. The summed E-state index contributed by atoms with van der Waals surface area (Å²) in [6.07, 6.45) is 1.43. The van der Waals surface area contributed by atoms with E-state index in [2.05, 4.69) is 22.1 Å². The summed E-state index contributed by atoms with van der Waals surface area (Å²) in [5, 5.41) is 11.8. The van der Waals surface area contributed by atoms with E-state index in [0.717, 1.165) is 11.4 Å². The number of hydrogen-bond donors (Lipinski definition) is 1. The van der Waals surface area contributed by atoms with Gasteiger partial charge in [-0.05, 0) is 50.2 Å². The molecule has 1 heterocycles. The highest BCUT2D eigenvalue weighted by molar-refractivity contribution is 8.00. The zero-order valence-corrected chi connectivity index (χ0v) is 18.6. The first-order valence-electron chi connectivity index (χ1n) is 9.89. The van der Waals surface area contributed by atoms with Crippen LogP contribution in [0.2, 0.25) is 0 Å². The predicted molar refractivity (Wildman–Crippen MR) is 123 cm³/mol. The van der Waals surface area contributed by atoms with Gasteiger partial charge in [-0.15, -0.1) is 16.8 Å². The number of nitrogens with zero attached hydrogens (tertiary/aromatic N) is 3. The molecule has 162 valence electrons. The Kier molecular flexibility index (Phi) is 7.72. The second-order valence-electron chi connectivity index (χ2n) is 6.79. The number of rotatable bonds is 10. The van der Waals surface area contributed by atoms with E-state index in [-0.39, 0.29) is 17.3 Å². The third kappa shape index (κ3) is 5.88. The second kappa shape index (κ2) is 10.7. The van der Waals surface area contributed by atoms with E-state index in [4.69, 9.17) is 9.47 Å². The zero-order valence-electron chi connectivity index (χ0n) is 17.8. The Hall–Kier alpha value is -3.26. The van der Waals surface area contributed by atoms with E-state index in [1.807, 2.05) is 73.0 Å². The van der Waals surface area contributed by atoms with Gasteiger partial charge in [-0.1, -0.05) is 36.0 Å². The van der Waals surface area contributed by atoms with Crippen molar-refractivity contribution in [2.75, 3.05) is 12.4 Å². The third-order valence-corrected chi connectivity index (χ3v) is 5.57. The minimum Gasteiger partial charge on any atom is -0.497 e. The van der Waals surface area contributed by atoms with Crippen LogP contribution in [0.5, 0.6) is 11.5 Å². The highest BCUT2D eigenvalue weighted by atomic mass is 32.2. The monoisotopic (exact) mass is 438 g/mol. The van der Waals surface area contributed by atoms with Crippen LogP contribution in [0.3, 0.4) is 0 Å². The standard InChI is InChI=1S/C23H26N4O3S/c1-5-15-27-21(16(2)30-20-13-11-19(29-4)12-14-20)25-26-23(27)31-17(3)22(28)24-18-9-7-6-8-10-18/h5-14,16-17H,1,15H2,2-4H3,(H,24,28). The summed E-state index contributed by atoms with van der Waals surface area (Å²) in [6.45, 7) is 8.09. The van der Waals surface area contributed by atoms with Crippen LogP contribution in [0.1, 0.15) is 25.8 Å². The minimum absolute atomic E-state index is 0.103. The first kappa shape index (κ1) is 22.4. The van der Waals surface area contributed by atoms with Gasteiger partial charge in [0.15, 0.2) is 17.1 Å². The quantitative estimate of drug-likeness (QED) is 0.364. The molecule has 2 aromatic carbocycles. The Morgan fingerprint density at radius 3 is 2.45 bits per heavy atom. The number of carbonyl (C=O) groups excluding carboxylic acids is 1. The molecule has 0 fully saturated rings. The molecule has 0 saturated heterocycles. The number of carbonyl (C=O) groups is 1. The number of methoxy groups -OCH3 is 1. The Morgan fingerprint density at radius 2 is 1.81 bits per heavy atom. The van der Waals surface area contributed by atoms with Crippen molar-refractivity contribution in [3.8, 4) is 11.5 Å². The summed E-state index contributed by atoms with van der Waals surface area (Å²) in [5.74, 6) is 2.02. The molecule has 1 amide bonds. The smallest absolute Gasteiger partial charge is 0.237 e. The Labute approximate surface area is 186 Å². The number of para-hydroxylation sites is 1. The van der Waals surface area contributed by atoms with E-state index in [9.17, 15) is 4.79 Å². The molecule has 0 aliphatic rings. The van der Waals surface area contributed by atoms with Crippen LogP contribution in [-0.4, -0.2) is 33.0 Å². The van der Waals surface area contributed by atoms with Crippen molar-refractivity contribution in [2.45, 2.75) is 36.9 Å². The maximum Gasteiger partial charge on any atom is 0.237 e. The van der Waals surface area contributed by atoms with Gasteiger partial charge in [-0.25, -0.2) is 0 Å². The normalized spacial score (nSPS) is 12.6. The molecule has 1 aromatic heterocycles. The van der Waals surface area contributed by atoms with Crippen LogP contribution in [0, 0.1) is 0 Å². The number of allylic oxidation sites excluding steroid dienone is 1. The van der Waals surface area contributed by atoms with Crippen molar-refractivity contribution >= 4 is 23.4 Å². The van der Waals surface area contributed by atoms with Crippen molar-refractivity contribution in [1.82, 2.24) is 14.8 Å². The Balaban J connectivity index is 1.71. The van der Waals surface area contributed by atoms with Crippen LogP contribution in [0.25, 0.3) is 0 Å². The average molecular weight is 439 g/mol. The highest BCUT2D eigenvalue weighted by Gasteiger charge is 2.23. The van der Waals surface area contributed by atoms with Crippen LogP contribution in [0.15, 0.2) is 72.4 Å². The Morgan fingerprint density at radius 1 is 1.13 bits per heavy atom. The molecule has 1 N–H and O–H groups in total. The summed E-state index contributed by atoms with van der Waals surface area (Å²) in [4.78, 5) is 12.6. The number of benzene rings is 2. The van der Waals surface area contributed by atoms with Crippen molar-refractivity contribution in [3.63, 3.8) is 0 Å². The Bertz CT molecular complexity index is 1010. The highest BCUT2D eigenvalue weighted by Crippen LogP contribution is 2.28. The maximum absolute atomic E-state index is 12.6. The van der Waals surface area contributed by atoms with E-state index in [1.165, 1.54) is 11.8 Å². The number of nitrogens with one attached hydrogen (secondary N) is 1. The number of amides is 1. The molecular weight excluding hydrogens is 412 g/mol. The molecule has 2 unspecified atom stereocenters. The second-order valence-corrected chi connectivity index (χ2v) is 8.10. The van der Waals surface area contributed by atoms with Crippen LogP contribution in [-0.2, 0) is 11.3 Å². The SMILES string of the molecule is C=CCn1c(SC(C)C(=O)Nc2ccccc2)nnc1C(C)Oc1ccc(OC)cc1. The third-order valence-electron chi connectivity index (χ3n) is 4.49. The molecular formula is C23H26N4O3S. The number of thioether (sulfide) groups is 1. The fourth-order valence-corrected chi connectivity index (χ4v) is 3.74. The van der Waals surface area contributed by atoms with Gasteiger partial charge >= 0.3 is 0 Å². The van der Waals surface area contributed by atoms with E-state index in [0.29, 0.717) is 23.3 Å². The molecule has 0 radical (unpaired) electrons. The molecule has 3 aromatic rings. The first-order chi connectivity index (χ1) is 15.0. The molecule has 0 spiro atoms. The van der Waals surface area contributed by atoms with Gasteiger partial charge in [-0.3, -0.25) is 9.36 Å². The minimum atomic E-state index is -0.362. The largest absolute Gasteiger partial charge is 0.497 e. The molecule has 0 aliphatic heterocycles. The van der Waals surface area contributed by atoms with Crippen molar-refractivity contribution < 1.29 is 14.3 Å². The average Bonchev–Trinajstić information content (AvgIpc) is 3.17. The van der Waals surface area contributed by atoms with Crippen LogP contribution >= 0.6 is 11.8 Å². The molecule has 7 nitrogen and oxygen atoms in total. The lowest BCUT2D eigenvalue weighted by Crippen LogP contribution is -2.23. The van der Waals surface area contributed by atoms with Gasteiger partial charge in [-0.2, -0.15) is 0 Å². The lowest BCUT2D eigenvalue weighted by atomic mass is 10.3. The summed E-state index contributed by atoms with van der Waals surface area (Å²) in [6, 6.07) is 16.7. The molecule has 31 heavy (non-hydrogen) atoms. The fourth-order valence-electron chi connectivity index (χ4n) is 2.88. The molecule has 2 atom stereocenters. The van der Waals surface area contributed by atoms with Crippen molar-refractivity contribution in [3.05, 3.63) is 73.1 Å². The van der Waals surface area contributed by atoms with Gasteiger partial charge < -0.3 is 14.8 Å². The van der Waals surface area contributed by atoms with E-state index < -0.39 is 0 Å². The number of ether oxygens (including phenoxy) is 2. The number of aromatic nitrogens is 3. The zero-order chi connectivity index (χ0) is 22.2. The predicted octanol–water partition coefficient (Wildman–Crippen LogP) is 4.73. The van der Waals surface area contributed by atoms with Crippen molar-refractivity contribution in [2.24, 2.45) is 0 Å². The molecule has 0 saturated carbocycles. The lowest BCUT2D eigenvalue weighted by molar-refractivity contribution is -0.115. The van der Waals surface area contributed by atoms with Crippen LogP contribution < -0.4 is 14.8 Å². The van der Waals surface area contributed by atoms with E-state index >= 15 is 0 Å². The van der Waals surface area contributed by atoms with Crippen molar-refractivity contribution in [1.29, 1.82) is 0 Å². The summed E-state index contributed by atoms with van der Waals surface area (Å²) in [5.41, 5.74) is 0.759. The summed E-state index contributed by atoms with van der Waals surface area (Å²) < 4.78 is 13.1. The van der Waals surface area contributed by atoms with Gasteiger partial charge in [0, 0.05) is 12.2 Å². The van der Waals surface area contributed by atoms with E-state index in [1.54, 1.807) is 13.2 Å². The lowest BCUT2D eigenvalue weighted by Gasteiger charge is -2.17.